The van der Waals surface area contributed by atoms with E-state index < -0.39 is 0 Å². The molecule has 0 bridgehead atoms. The first kappa shape index (κ1) is 16.0. The summed E-state index contributed by atoms with van der Waals surface area (Å²) >= 11 is 0. The molecule has 0 unspecified atom stereocenters. The molecule has 0 spiro atoms. The van der Waals surface area contributed by atoms with Crippen LogP contribution in [0, 0.1) is 27.7 Å². The van der Waals surface area contributed by atoms with Crippen LogP contribution in [-0.2, 0) is 7.05 Å². The molecular formula is C18H24N4. The molecule has 3 aromatic rings. The average Bonchev–Trinajstić information content (AvgIpc) is 2.65. The Hall–Kier alpha value is -2.36. The lowest BCUT2D eigenvalue weighted by atomic mass is 9.95. The van der Waals surface area contributed by atoms with Crippen LogP contribution in [0.4, 0.5) is 5.82 Å². The van der Waals surface area contributed by atoms with E-state index in [9.17, 15) is 0 Å². The van der Waals surface area contributed by atoms with Gasteiger partial charge in [-0.2, -0.15) is 0 Å². The molecule has 2 aromatic heterocycles. The quantitative estimate of drug-likeness (QED) is 0.736. The van der Waals surface area contributed by atoms with Crippen molar-refractivity contribution in [1.82, 2.24) is 14.5 Å². The molecule has 0 aliphatic heterocycles. The maximum atomic E-state index is 6.08. The topological polar surface area (TPSA) is 56.7 Å². The number of rotatable bonds is 1. The van der Waals surface area contributed by atoms with Crippen LogP contribution in [0.3, 0.4) is 0 Å². The SMILES string of the molecule is C.Cc1cc(C)c(-c2cn(C)c3c(N)nc(C)nc23)c(C)c1. The normalized spacial score (nSPS) is 10.8. The van der Waals surface area contributed by atoms with Crippen molar-refractivity contribution in [3.05, 3.63) is 40.8 Å². The van der Waals surface area contributed by atoms with Gasteiger partial charge in [0.25, 0.3) is 0 Å². The number of fused-ring (bicyclic) bond motifs is 1. The number of benzene rings is 1. The number of hydrogen-bond acceptors (Lipinski definition) is 3. The van der Waals surface area contributed by atoms with Crippen LogP contribution in [0.5, 0.6) is 0 Å². The summed E-state index contributed by atoms with van der Waals surface area (Å²) in [5, 5.41) is 0. The van der Waals surface area contributed by atoms with E-state index in [0.717, 1.165) is 16.6 Å². The summed E-state index contributed by atoms with van der Waals surface area (Å²) in [6.07, 6.45) is 2.10. The summed E-state index contributed by atoms with van der Waals surface area (Å²) in [7, 11) is 1.99. The first-order chi connectivity index (χ1) is 9.88. The summed E-state index contributed by atoms with van der Waals surface area (Å²) in [4.78, 5) is 8.90. The van der Waals surface area contributed by atoms with Crippen molar-refractivity contribution in [2.24, 2.45) is 7.05 Å². The lowest BCUT2D eigenvalue weighted by Gasteiger charge is -2.10. The van der Waals surface area contributed by atoms with Crippen LogP contribution in [0.1, 0.15) is 29.9 Å². The summed E-state index contributed by atoms with van der Waals surface area (Å²) in [5.41, 5.74) is 14.1. The minimum atomic E-state index is 0. The van der Waals surface area contributed by atoms with Crippen molar-refractivity contribution in [2.45, 2.75) is 35.1 Å². The van der Waals surface area contributed by atoms with E-state index in [-0.39, 0.29) is 7.43 Å². The van der Waals surface area contributed by atoms with E-state index in [0.29, 0.717) is 11.6 Å². The highest BCUT2D eigenvalue weighted by Crippen LogP contribution is 2.35. The number of anilines is 1. The zero-order valence-corrected chi connectivity index (χ0v) is 13.2. The Bertz CT molecular complexity index is 836. The molecule has 2 N–H and O–H groups in total. The number of nitrogens with zero attached hydrogens (tertiary/aromatic N) is 3. The molecule has 0 atom stereocenters. The molecule has 4 nitrogen and oxygen atoms in total. The van der Waals surface area contributed by atoms with E-state index in [1.807, 2.05) is 18.5 Å². The van der Waals surface area contributed by atoms with Gasteiger partial charge in [-0.25, -0.2) is 9.97 Å². The maximum absolute atomic E-state index is 6.08. The van der Waals surface area contributed by atoms with Gasteiger partial charge in [-0.3, -0.25) is 0 Å². The zero-order chi connectivity index (χ0) is 15.3. The molecule has 0 fully saturated rings. The van der Waals surface area contributed by atoms with Gasteiger partial charge >= 0.3 is 0 Å². The summed E-state index contributed by atoms with van der Waals surface area (Å²) in [6, 6.07) is 4.41. The Morgan fingerprint density at radius 1 is 1.00 bits per heavy atom. The molecule has 116 valence electrons. The first-order valence-electron chi connectivity index (χ1n) is 7.06. The fourth-order valence-electron chi connectivity index (χ4n) is 3.23. The summed E-state index contributed by atoms with van der Waals surface area (Å²) < 4.78 is 2.01. The number of aromatic nitrogens is 3. The van der Waals surface area contributed by atoms with Gasteiger partial charge in [-0.1, -0.05) is 25.1 Å². The second-order valence-corrected chi connectivity index (χ2v) is 5.78. The molecule has 22 heavy (non-hydrogen) atoms. The van der Waals surface area contributed by atoms with Crippen molar-refractivity contribution >= 4 is 16.9 Å². The average molecular weight is 296 g/mol. The smallest absolute Gasteiger partial charge is 0.151 e. The monoisotopic (exact) mass is 296 g/mol. The largest absolute Gasteiger partial charge is 0.382 e. The minimum Gasteiger partial charge on any atom is -0.382 e. The van der Waals surface area contributed by atoms with Crippen LogP contribution in [-0.4, -0.2) is 14.5 Å². The van der Waals surface area contributed by atoms with Crippen LogP contribution in [0.2, 0.25) is 0 Å². The molecule has 0 aliphatic carbocycles. The predicted octanol–water partition coefficient (Wildman–Crippen LogP) is 4.09. The minimum absolute atomic E-state index is 0. The molecular weight excluding hydrogens is 272 g/mol. The fourth-order valence-corrected chi connectivity index (χ4v) is 3.23. The van der Waals surface area contributed by atoms with Gasteiger partial charge in [0, 0.05) is 18.8 Å². The molecule has 3 rings (SSSR count). The lowest BCUT2D eigenvalue weighted by molar-refractivity contribution is 0.961. The molecule has 0 aliphatic rings. The second kappa shape index (κ2) is 5.44. The Balaban J connectivity index is 0.00000176. The van der Waals surface area contributed by atoms with E-state index >= 15 is 0 Å². The maximum Gasteiger partial charge on any atom is 0.151 e. The van der Waals surface area contributed by atoms with E-state index in [2.05, 4.69) is 49.1 Å². The molecule has 0 radical (unpaired) electrons. The Kier molecular flexibility index (Phi) is 3.96. The highest BCUT2D eigenvalue weighted by atomic mass is 15.0. The molecule has 0 amide bonds. The van der Waals surface area contributed by atoms with Gasteiger partial charge in [-0.05, 0) is 44.4 Å². The van der Waals surface area contributed by atoms with Gasteiger partial charge in [0.2, 0.25) is 0 Å². The molecule has 2 heterocycles. The third kappa shape index (κ3) is 2.34. The number of aryl methyl sites for hydroxylation is 5. The van der Waals surface area contributed by atoms with E-state index in [4.69, 9.17) is 5.73 Å². The van der Waals surface area contributed by atoms with Crippen LogP contribution in [0.25, 0.3) is 22.2 Å². The van der Waals surface area contributed by atoms with Crippen molar-refractivity contribution < 1.29 is 0 Å². The lowest BCUT2D eigenvalue weighted by Crippen LogP contribution is -1.99. The van der Waals surface area contributed by atoms with Crippen LogP contribution >= 0.6 is 0 Å². The number of hydrogen-bond donors (Lipinski definition) is 1. The van der Waals surface area contributed by atoms with Gasteiger partial charge in [0.05, 0.1) is 0 Å². The number of nitrogens with two attached hydrogens (primary N) is 1. The van der Waals surface area contributed by atoms with E-state index in [1.54, 1.807) is 0 Å². The molecule has 0 saturated heterocycles. The summed E-state index contributed by atoms with van der Waals surface area (Å²) in [5.74, 6) is 1.24. The highest BCUT2D eigenvalue weighted by molar-refractivity contribution is 5.99. The Morgan fingerprint density at radius 3 is 2.18 bits per heavy atom. The predicted molar refractivity (Wildman–Crippen MR) is 94.0 cm³/mol. The van der Waals surface area contributed by atoms with Crippen LogP contribution < -0.4 is 5.73 Å². The van der Waals surface area contributed by atoms with E-state index in [1.165, 1.54) is 22.3 Å². The van der Waals surface area contributed by atoms with Gasteiger partial charge in [0.15, 0.2) is 5.82 Å². The Morgan fingerprint density at radius 2 is 1.59 bits per heavy atom. The summed E-state index contributed by atoms with van der Waals surface area (Å²) in [6.45, 7) is 8.29. The van der Waals surface area contributed by atoms with Crippen molar-refractivity contribution in [3.63, 3.8) is 0 Å². The molecule has 4 heteroatoms. The number of nitrogen functional groups attached to an aromatic ring is 1. The third-order valence-electron chi connectivity index (χ3n) is 3.90. The first-order valence-corrected chi connectivity index (χ1v) is 7.06. The standard InChI is InChI=1S/C17H20N4.CH4/c1-9-6-10(2)14(11(3)7-9)13-8-21(5)16-15(13)19-12(4)20-17(16)18;/h6-8H,1-5H3,(H2,18,19,20);1H4. The fraction of sp³-hybridized carbons (Fsp3) is 0.333. The molecule has 0 saturated carbocycles. The van der Waals surface area contributed by atoms with Gasteiger partial charge < -0.3 is 10.3 Å². The van der Waals surface area contributed by atoms with Crippen molar-refractivity contribution in [3.8, 4) is 11.1 Å². The Labute approximate surface area is 132 Å². The highest BCUT2D eigenvalue weighted by Gasteiger charge is 2.17. The second-order valence-electron chi connectivity index (χ2n) is 5.78. The molecule has 1 aromatic carbocycles. The third-order valence-corrected chi connectivity index (χ3v) is 3.90. The van der Waals surface area contributed by atoms with Gasteiger partial charge in [0.1, 0.15) is 16.9 Å². The van der Waals surface area contributed by atoms with Gasteiger partial charge in [-0.15, -0.1) is 0 Å². The van der Waals surface area contributed by atoms with Crippen LogP contribution in [0.15, 0.2) is 18.3 Å². The zero-order valence-electron chi connectivity index (χ0n) is 13.2. The van der Waals surface area contributed by atoms with Crippen molar-refractivity contribution in [2.75, 3.05) is 5.73 Å². The van der Waals surface area contributed by atoms with Crippen molar-refractivity contribution in [1.29, 1.82) is 0 Å².